The number of piperazine rings is 1. The SMILES string of the molecule is Cc1cc(/C=C/C(=O)N2CC[NH+](Cc3ccncc3)CC2)c(C)n1C1CC1. The summed E-state index contributed by atoms with van der Waals surface area (Å²) in [5.74, 6) is 0.134. The Morgan fingerprint density at radius 1 is 1.22 bits per heavy atom. The average Bonchev–Trinajstić information content (AvgIpc) is 3.47. The molecule has 1 aliphatic heterocycles. The van der Waals surface area contributed by atoms with E-state index < -0.39 is 0 Å². The number of nitrogens with one attached hydrogen (secondary N) is 1. The van der Waals surface area contributed by atoms with Gasteiger partial charge in [0.25, 0.3) is 0 Å². The molecule has 0 radical (unpaired) electrons. The van der Waals surface area contributed by atoms with Gasteiger partial charge in [0.15, 0.2) is 0 Å². The van der Waals surface area contributed by atoms with Crippen molar-refractivity contribution in [2.45, 2.75) is 39.3 Å². The Bertz CT molecular complexity index is 827. The van der Waals surface area contributed by atoms with E-state index in [1.807, 2.05) is 23.4 Å². The lowest BCUT2D eigenvalue weighted by Gasteiger charge is -2.31. The molecule has 2 aromatic heterocycles. The van der Waals surface area contributed by atoms with Gasteiger partial charge in [-0.25, -0.2) is 0 Å². The fourth-order valence-electron chi connectivity index (χ4n) is 4.14. The first-order chi connectivity index (χ1) is 13.1. The molecule has 0 atom stereocenters. The molecule has 4 rings (SSSR count). The van der Waals surface area contributed by atoms with Crippen molar-refractivity contribution in [3.63, 3.8) is 0 Å². The number of rotatable bonds is 5. The summed E-state index contributed by atoms with van der Waals surface area (Å²) >= 11 is 0. The minimum atomic E-state index is 0.134. The fraction of sp³-hybridized carbons (Fsp3) is 0.455. The molecule has 1 amide bonds. The average molecular weight is 366 g/mol. The third-order valence-electron chi connectivity index (χ3n) is 5.83. The molecule has 1 saturated heterocycles. The largest absolute Gasteiger partial charge is 0.346 e. The molecule has 2 aromatic rings. The standard InChI is InChI=1S/C22H28N4O/c1-17-15-20(18(2)26(17)21-4-5-21)3-6-22(27)25-13-11-24(12-14-25)16-19-7-9-23-10-8-19/h3,6-10,15,21H,4-5,11-14,16H2,1-2H3/p+1/b6-3+. The predicted molar refractivity (Wildman–Crippen MR) is 106 cm³/mol. The van der Waals surface area contributed by atoms with Crippen LogP contribution in [-0.4, -0.2) is 46.5 Å². The van der Waals surface area contributed by atoms with Crippen LogP contribution in [0.1, 0.15) is 41.4 Å². The fourth-order valence-corrected chi connectivity index (χ4v) is 4.14. The molecule has 2 fully saturated rings. The maximum Gasteiger partial charge on any atom is 0.246 e. The summed E-state index contributed by atoms with van der Waals surface area (Å²) in [5, 5.41) is 0. The molecule has 5 nitrogen and oxygen atoms in total. The second-order valence-corrected chi connectivity index (χ2v) is 7.87. The van der Waals surface area contributed by atoms with Gasteiger partial charge in [0.1, 0.15) is 6.54 Å². The maximum absolute atomic E-state index is 12.6. The molecule has 2 aliphatic rings. The summed E-state index contributed by atoms with van der Waals surface area (Å²) in [4.78, 5) is 20.2. The number of carbonyl (C=O) groups is 1. The number of hydrogen-bond donors (Lipinski definition) is 1. The lowest BCUT2D eigenvalue weighted by molar-refractivity contribution is -0.917. The molecule has 0 bridgehead atoms. The topological polar surface area (TPSA) is 42.6 Å². The van der Waals surface area contributed by atoms with Gasteiger partial charge in [-0.1, -0.05) is 0 Å². The molecule has 0 unspecified atom stereocenters. The summed E-state index contributed by atoms with van der Waals surface area (Å²) in [6, 6.07) is 7.03. The third kappa shape index (κ3) is 4.14. The van der Waals surface area contributed by atoms with Gasteiger partial charge in [-0.3, -0.25) is 9.78 Å². The Hall–Kier alpha value is -2.40. The molecule has 1 saturated carbocycles. The van der Waals surface area contributed by atoms with Crippen LogP contribution in [-0.2, 0) is 11.3 Å². The lowest BCUT2D eigenvalue weighted by atomic mass is 10.2. The van der Waals surface area contributed by atoms with Crippen LogP contribution in [0.25, 0.3) is 6.08 Å². The minimum Gasteiger partial charge on any atom is -0.346 e. The van der Waals surface area contributed by atoms with E-state index in [9.17, 15) is 4.79 Å². The van der Waals surface area contributed by atoms with Crippen molar-refractivity contribution in [3.05, 3.63) is 59.2 Å². The normalized spacial score (nSPS) is 18.4. The van der Waals surface area contributed by atoms with Gasteiger partial charge in [0, 0.05) is 41.5 Å². The van der Waals surface area contributed by atoms with E-state index in [0.717, 1.165) is 32.7 Å². The Balaban J connectivity index is 1.32. The van der Waals surface area contributed by atoms with Crippen LogP contribution < -0.4 is 4.90 Å². The van der Waals surface area contributed by atoms with Crippen LogP contribution >= 0.6 is 0 Å². The Labute approximate surface area is 161 Å². The molecule has 5 heteroatoms. The van der Waals surface area contributed by atoms with Gasteiger partial charge < -0.3 is 14.4 Å². The summed E-state index contributed by atoms with van der Waals surface area (Å²) in [5.41, 5.74) is 5.07. The summed E-state index contributed by atoms with van der Waals surface area (Å²) in [6.45, 7) is 8.98. The van der Waals surface area contributed by atoms with Crippen molar-refractivity contribution >= 4 is 12.0 Å². The quantitative estimate of drug-likeness (QED) is 0.821. The summed E-state index contributed by atoms with van der Waals surface area (Å²) in [6.07, 6.45) is 10.0. The predicted octanol–water partition coefficient (Wildman–Crippen LogP) is 1.78. The summed E-state index contributed by atoms with van der Waals surface area (Å²) in [7, 11) is 0. The van der Waals surface area contributed by atoms with E-state index in [1.165, 1.54) is 40.3 Å². The highest BCUT2D eigenvalue weighted by Gasteiger charge is 2.27. The van der Waals surface area contributed by atoms with Crippen LogP contribution in [0.15, 0.2) is 36.7 Å². The second-order valence-electron chi connectivity index (χ2n) is 7.87. The number of carbonyl (C=O) groups excluding carboxylic acids is 1. The maximum atomic E-state index is 12.6. The molecular formula is C22H29N4O+. The molecule has 27 heavy (non-hydrogen) atoms. The number of nitrogens with zero attached hydrogens (tertiary/aromatic N) is 3. The van der Waals surface area contributed by atoms with E-state index in [1.54, 1.807) is 6.08 Å². The van der Waals surface area contributed by atoms with Gasteiger partial charge >= 0.3 is 0 Å². The number of aryl methyl sites for hydroxylation is 1. The Morgan fingerprint density at radius 2 is 1.93 bits per heavy atom. The van der Waals surface area contributed by atoms with Gasteiger partial charge in [0.05, 0.1) is 26.2 Å². The zero-order chi connectivity index (χ0) is 18.8. The Kier molecular flexibility index (Phi) is 5.12. The molecule has 0 spiro atoms. The first-order valence-electron chi connectivity index (χ1n) is 9.99. The van der Waals surface area contributed by atoms with E-state index >= 15 is 0 Å². The van der Waals surface area contributed by atoms with Crippen molar-refractivity contribution in [1.29, 1.82) is 0 Å². The highest BCUT2D eigenvalue weighted by molar-refractivity contribution is 5.92. The summed E-state index contributed by atoms with van der Waals surface area (Å²) < 4.78 is 2.42. The van der Waals surface area contributed by atoms with Crippen LogP contribution in [0.5, 0.6) is 0 Å². The lowest BCUT2D eigenvalue weighted by Crippen LogP contribution is -3.13. The number of amides is 1. The van der Waals surface area contributed by atoms with E-state index in [4.69, 9.17) is 0 Å². The smallest absolute Gasteiger partial charge is 0.246 e. The number of aromatic nitrogens is 2. The van der Waals surface area contributed by atoms with E-state index in [2.05, 4.69) is 41.6 Å². The van der Waals surface area contributed by atoms with Gasteiger partial charge in [-0.05, 0) is 56.5 Å². The van der Waals surface area contributed by atoms with Crippen LogP contribution in [0.3, 0.4) is 0 Å². The van der Waals surface area contributed by atoms with Gasteiger partial charge in [-0.2, -0.15) is 0 Å². The highest BCUT2D eigenvalue weighted by Crippen LogP contribution is 2.38. The van der Waals surface area contributed by atoms with Crippen molar-refractivity contribution in [3.8, 4) is 0 Å². The van der Waals surface area contributed by atoms with Gasteiger partial charge in [0.2, 0.25) is 5.91 Å². The van der Waals surface area contributed by atoms with E-state index in [0.29, 0.717) is 6.04 Å². The van der Waals surface area contributed by atoms with Crippen molar-refractivity contribution in [2.24, 2.45) is 0 Å². The molecular weight excluding hydrogens is 336 g/mol. The molecule has 142 valence electrons. The first kappa shape index (κ1) is 18.0. The van der Waals surface area contributed by atoms with Crippen molar-refractivity contribution in [1.82, 2.24) is 14.5 Å². The zero-order valence-electron chi connectivity index (χ0n) is 16.3. The Morgan fingerprint density at radius 3 is 2.59 bits per heavy atom. The molecule has 1 N–H and O–H groups in total. The second kappa shape index (κ2) is 7.69. The van der Waals surface area contributed by atoms with Gasteiger partial charge in [-0.15, -0.1) is 0 Å². The van der Waals surface area contributed by atoms with E-state index in [-0.39, 0.29) is 5.91 Å². The number of pyridine rings is 1. The van der Waals surface area contributed by atoms with Crippen LogP contribution in [0.4, 0.5) is 0 Å². The number of hydrogen-bond acceptors (Lipinski definition) is 2. The zero-order valence-corrected chi connectivity index (χ0v) is 16.3. The van der Waals surface area contributed by atoms with Crippen molar-refractivity contribution < 1.29 is 9.69 Å². The molecule has 1 aliphatic carbocycles. The number of quaternary nitrogens is 1. The van der Waals surface area contributed by atoms with Crippen LogP contribution in [0.2, 0.25) is 0 Å². The minimum absolute atomic E-state index is 0.134. The highest BCUT2D eigenvalue weighted by atomic mass is 16.2. The van der Waals surface area contributed by atoms with Crippen molar-refractivity contribution in [2.75, 3.05) is 26.2 Å². The first-order valence-corrected chi connectivity index (χ1v) is 9.99. The molecule has 0 aromatic carbocycles. The third-order valence-corrected chi connectivity index (χ3v) is 5.83. The van der Waals surface area contributed by atoms with Crippen LogP contribution in [0, 0.1) is 13.8 Å². The molecule has 3 heterocycles. The monoisotopic (exact) mass is 365 g/mol.